The van der Waals surface area contributed by atoms with Crippen LogP contribution in [0.5, 0.6) is 0 Å². The van der Waals surface area contributed by atoms with Crippen LogP contribution in [0.3, 0.4) is 0 Å². The van der Waals surface area contributed by atoms with Crippen molar-refractivity contribution < 1.29 is 9.59 Å². The van der Waals surface area contributed by atoms with Crippen LogP contribution in [0.4, 0.5) is 0 Å². The summed E-state index contributed by atoms with van der Waals surface area (Å²) in [5, 5.41) is 0. The van der Waals surface area contributed by atoms with E-state index in [2.05, 4.69) is 14.9 Å². The number of likely N-dealkylation sites (N-methyl/N-ethyl adjacent to an activating group) is 1. The van der Waals surface area contributed by atoms with E-state index in [0.717, 1.165) is 44.6 Å². The SMILES string of the molecule is Cc1ncc(C(=O)N2CCC([C@H]3CCCCN3CC(=O)N(C)C)CC2)c(C)n1. The van der Waals surface area contributed by atoms with Gasteiger partial charge in [0, 0.05) is 39.4 Å². The monoisotopic (exact) mass is 387 g/mol. The maximum absolute atomic E-state index is 12.9. The third-order valence-corrected chi connectivity index (χ3v) is 6.20. The van der Waals surface area contributed by atoms with Gasteiger partial charge in [-0.1, -0.05) is 6.42 Å². The molecule has 0 aliphatic carbocycles. The number of piperidine rings is 2. The standard InChI is InChI=1S/C21H33N5O2/c1-15-18(13-22-16(2)23-15)21(28)25-11-8-17(9-12-25)19-7-5-6-10-26(19)14-20(27)24(3)4/h13,17,19H,5-12,14H2,1-4H3/t19-/m1/s1. The molecule has 7 nitrogen and oxygen atoms in total. The molecule has 2 fully saturated rings. The summed E-state index contributed by atoms with van der Waals surface area (Å²) in [7, 11) is 3.64. The molecule has 0 radical (unpaired) electrons. The van der Waals surface area contributed by atoms with Crippen LogP contribution in [-0.4, -0.2) is 82.8 Å². The van der Waals surface area contributed by atoms with Crippen LogP contribution in [0.2, 0.25) is 0 Å². The van der Waals surface area contributed by atoms with E-state index in [1.54, 1.807) is 11.1 Å². The molecule has 0 saturated carbocycles. The number of aromatic nitrogens is 2. The summed E-state index contributed by atoms with van der Waals surface area (Å²) in [4.78, 5) is 39.6. The predicted molar refractivity (Wildman–Crippen MR) is 108 cm³/mol. The molecule has 1 atom stereocenters. The van der Waals surface area contributed by atoms with Crippen molar-refractivity contribution in [3.63, 3.8) is 0 Å². The van der Waals surface area contributed by atoms with Gasteiger partial charge in [-0.05, 0) is 52.0 Å². The molecule has 3 heterocycles. The maximum atomic E-state index is 12.9. The number of rotatable bonds is 4. The minimum absolute atomic E-state index is 0.0410. The van der Waals surface area contributed by atoms with Crippen LogP contribution < -0.4 is 0 Å². The predicted octanol–water partition coefficient (Wildman–Crippen LogP) is 1.89. The van der Waals surface area contributed by atoms with Crippen molar-refractivity contribution in [2.24, 2.45) is 5.92 Å². The molecule has 154 valence electrons. The molecule has 2 saturated heterocycles. The Kier molecular flexibility index (Phi) is 6.65. The molecule has 0 N–H and O–H groups in total. The highest BCUT2D eigenvalue weighted by molar-refractivity contribution is 5.95. The first-order valence-corrected chi connectivity index (χ1v) is 10.4. The van der Waals surface area contributed by atoms with Gasteiger partial charge < -0.3 is 9.80 Å². The molecular weight excluding hydrogens is 354 g/mol. The van der Waals surface area contributed by atoms with E-state index in [1.165, 1.54) is 12.8 Å². The van der Waals surface area contributed by atoms with Gasteiger partial charge in [0.2, 0.25) is 5.91 Å². The molecule has 0 bridgehead atoms. The number of likely N-dealkylation sites (tertiary alicyclic amines) is 2. The van der Waals surface area contributed by atoms with Gasteiger partial charge in [0.15, 0.2) is 0 Å². The van der Waals surface area contributed by atoms with Gasteiger partial charge in [-0.3, -0.25) is 14.5 Å². The minimum Gasteiger partial charge on any atom is -0.348 e. The highest BCUT2D eigenvalue weighted by Gasteiger charge is 2.34. The molecule has 2 aliphatic heterocycles. The summed E-state index contributed by atoms with van der Waals surface area (Å²) in [6.45, 7) is 6.76. The fraction of sp³-hybridized carbons (Fsp3) is 0.714. The summed E-state index contributed by atoms with van der Waals surface area (Å²) >= 11 is 0. The number of aryl methyl sites for hydroxylation is 2. The average molecular weight is 388 g/mol. The molecule has 0 spiro atoms. The van der Waals surface area contributed by atoms with Gasteiger partial charge >= 0.3 is 0 Å². The molecule has 2 aliphatic rings. The number of nitrogens with zero attached hydrogens (tertiary/aromatic N) is 5. The van der Waals surface area contributed by atoms with Crippen molar-refractivity contribution in [1.29, 1.82) is 0 Å². The van der Waals surface area contributed by atoms with E-state index in [-0.39, 0.29) is 11.8 Å². The summed E-state index contributed by atoms with van der Waals surface area (Å²) in [6, 6.07) is 0.458. The van der Waals surface area contributed by atoms with Gasteiger partial charge in [-0.15, -0.1) is 0 Å². The Hall–Kier alpha value is -2.02. The van der Waals surface area contributed by atoms with Crippen molar-refractivity contribution >= 4 is 11.8 Å². The Morgan fingerprint density at radius 3 is 2.46 bits per heavy atom. The van der Waals surface area contributed by atoms with Crippen molar-refractivity contribution in [2.75, 3.05) is 40.3 Å². The lowest BCUT2D eigenvalue weighted by Gasteiger charge is -2.43. The Morgan fingerprint density at radius 1 is 1.11 bits per heavy atom. The Labute approximate surface area is 168 Å². The van der Waals surface area contributed by atoms with Crippen molar-refractivity contribution in [2.45, 2.75) is 52.0 Å². The van der Waals surface area contributed by atoms with Gasteiger partial charge in [0.1, 0.15) is 5.82 Å². The Morgan fingerprint density at radius 2 is 1.82 bits per heavy atom. The molecule has 28 heavy (non-hydrogen) atoms. The highest BCUT2D eigenvalue weighted by atomic mass is 16.2. The highest BCUT2D eigenvalue weighted by Crippen LogP contribution is 2.31. The number of carbonyl (C=O) groups excluding carboxylic acids is 2. The lowest BCUT2D eigenvalue weighted by atomic mass is 9.83. The van der Waals surface area contributed by atoms with Crippen LogP contribution in [0.1, 0.15) is 54.0 Å². The lowest BCUT2D eigenvalue weighted by molar-refractivity contribution is -0.131. The third kappa shape index (κ3) is 4.69. The zero-order valence-electron chi connectivity index (χ0n) is 17.6. The summed E-state index contributed by atoms with van der Waals surface area (Å²) in [5.74, 6) is 1.46. The molecule has 0 aromatic carbocycles. The second kappa shape index (κ2) is 8.99. The van der Waals surface area contributed by atoms with E-state index in [0.29, 0.717) is 29.9 Å². The minimum atomic E-state index is 0.0410. The number of amides is 2. The van der Waals surface area contributed by atoms with Gasteiger partial charge in [-0.25, -0.2) is 9.97 Å². The second-order valence-corrected chi connectivity index (χ2v) is 8.37. The normalized spacial score (nSPS) is 21.6. The second-order valence-electron chi connectivity index (χ2n) is 8.37. The molecule has 7 heteroatoms. The van der Waals surface area contributed by atoms with Crippen LogP contribution in [0, 0.1) is 19.8 Å². The zero-order chi connectivity index (χ0) is 20.3. The van der Waals surface area contributed by atoms with E-state index in [4.69, 9.17) is 0 Å². The van der Waals surface area contributed by atoms with Gasteiger partial charge in [0.25, 0.3) is 5.91 Å². The topological polar surface area (TPSA) is 69.6 Å². The number of hydrogen-bond donors (Lipinski definition) is 0. The van der Waals surface area contributed by atoms with Crippen molar-refractivity contribution in [1.82, 2.24) is 24.7 Å². The number of hydrogen-bond acceptors (Lipinski definition) is 5. The largest absolute Gasteiger partial charge is 0.348 e. The first-order chi connectivity index (χ1) is 13.4. The molecule has 2 amide bonds. The fourth-order valence-corrected chi connectivity index (χ4v) is 4.51. The van der Waals surface area contributed by atoms with Crippen LogP contribution in [0.15, 0.2) is 6.20 Å². The van der Waals surface area contributed by atoms with Crippen molar-refractivity contribution in [3.05, 3.63) is 23.3 Å². The lowest BCUT2D eigenvalue weighted by Crippen LogP contribution is -2.51. The smallest absolute Gasteiger partial charge is 0.257 e. The van der Waals surface area contributed by atoms with E-state index < -0.39 is 0 Å². The maximum Gasteiger partial charge on any atom is 0.257 e. The first-order valence-electron chi connectivity index (χ1n) is 10.4. The molecule has 3 rings (SSSR count). The summed E-state index contributed by atoms with van der Waals surface area (Å²) in [5.41, 5.74) is 1.36. The van der Waals surface area contributed by atoms with E-state index in [1.807, 2.05) is 32.8 Å². The molecule has 0 unspecified atom stereocenters. The Bertz CT molecular complexity index is 713. The van der Waals surface area contributed by atoms with E-state index in [9.17, 15) is 9.59 Å². The van der Waals surface area contributed by atoms with Crippen LogP contribution in [0.25, 0.3) is 0 Å². The third-order valence-electron chi connectivity index (χ3n) is 6.20. The fourth-order valence-electron chi connectivity index (χ4n) is 4.51. The number of carbonyl (C=O) groups is 2. The summed E-state index contributed by atoms with van der Waals surface area (Å²) < 4.78 is 0. The molecule has 1 aromatic heterocycles. The first kappa shape index (κ1) is 20.7. The van der Waals surface area contributed by atoms with Crippen LogP contribution >= 0.6 is 0 Å². The van der Waals surface area contributed by atoms with Gasteiger partial charge in [-0.2, -0.15) is 0 Å². The molecular formula is C21H33N5O2. The Balaban J connectivity index is 1.60. The zero-order valence-corrected chi connectivity index (χ0v) is 17.6. The van der Waals surface area contributed by atoms with E-state index >= 15 is 0 Å². The quantitative estimate of drug-likeness (QED) is 0.789. The van der Waals surface area contributed by atoms with Gasteiger partial charge in [0.05, 0.1) is 17.8 Å². The van der Waals surface area contributed by atoms with Crippen LogP contribution in [-0.2, 0) is 4.79 Å². The molecule has 1 aromatic rings. The average Bonchev–Trinajstić information content (AvgIpc) is 2.68. The van der Waals surface area contributed by atoms with Crippen molar-refractivity contribution in [3.8, 4) is 0 Å². The summed E-state index contributed by atoms with van der Waals surface area (Å²) in [6.07, 6.45) is 7.20.